The zero-order valence-corrected chi connectivity index (χ0v) is 15.6. The number of amides is 1. The highest BCUT2D eigenvalue weighted by Crippen LogP contribution is 2.25. The Balaban J connectivity index is 1.96. The Kier molecular flexibility index (Phi) is 5.95. The van der Waals surface area contributed by atoms with E-state index < -0.39 is 23.2 Å². The van der Waals surface area contributed by atoms with E-state index in [-0.39, 0.29) is 0 Å². The number of hydrogen-bond donors (Lipinski definition) is 2. The minimum atomic E-state index is -1.28. The van der Waals surface area contributed by atoms with Crippen molar-refractivity contribution in [3.8, 4) is 0 Å². The Hall–Kier alpha value is -1.79. The average Bonchev–Trinajstić information content (AvgIpc) is 2.49. The zero-order valence-electron chi connectivity index (χ0n) is 14.8. The van der Waals surface area contributed by atoms with E-state index in [2.05, 4.69) is 10.2 Å². The van der Waals surface area contributed by atoms with Gasteiger partial charge >= 0.3 is 12.1 Å². The number of likely N-dealkylation sites (tertiary alicyclic amines) is 1. The van der Waals surface area contributed by atoms with Crippen LogP contribution < -0.4 is 5.32 Å². The number of halogens is 1. The lowest BCUT2D eigenvalue weighted by Gasteiger charge is -2.39. The van der Waals surface area contributed by atoms with Gasteiger partial charge in [0.2, 0.25) is 0 Å². The first kappa shape index (κ1) is 19.5. The summed E-state index contributed by atoms with van der Waals surface area (Å²) in [5.74, 6) is -1.02. The summed E-state index contributed by atoms with van der Waals surface area (Å²) in [4.78, 5) is 26.0. The third kappa shape index (κ3) is 5.61. The van der Waals surface area contributed by atoms with E-state index in [4.69, 9.17) is 16.3 Å². The number of nitrogens with one attached hydrogen (secondary N) is 1. The van der Waals surface area contributed by atoms with Crippen LogP contribution in [0.15, 0.2) is 24.3 Å². The average molecular weight is 369 g/mol. The lowest BCUT2D eigenvalue weighted by Crippen LogP contribution is -2.60. The van der Waals surface area contributed by atoms with Gasteiger partial charge in [-0.25, -0.2) is 9.59 Å². The second-order valence-corrected chi connectivity index (χ2v) is 7.85. The normalized spacial score (nSPS) is 17.8. The molecule has 0 saturated carbocycles. The number of ether oxygens (including phenoxy) is 1. The molecule has 1 aromatic rings. The van der Waals surface area contributed by atoms with Gasteiger partial charge in [-0.3, -0.25) is 4.90 Å². The van der Waals surface area contributed by atoms with Gasteiger partial charge in [-0.05, 0) is 51.3 Å². The molecule has 7 heteroatoms. The summed E-state index contributed by atoms with van der Waals surface area (Å²) >= 11 is 5.89. The SMILES string of the molecule is CC(C)(C)OC(=O)NC1(C(=O)O)CCN(Cc2ccc(Cl)cc2)CC1. The van der Waals surface area contributed by atoms with Crippen molar-refractivity contribution in [2.75, 3.05) is 13.1 Å². The van der Waals surface area contributed by atoms with Gasteiger partial charge in [0.15, 0.2) is 0 Å². The number of rotatable bonds is 4. The Bertz CT molecular complexity index is 617. The number of benzene rings is 1. The van der Waals surface area contributed by atoms with Crippen molar-refractivity contribution < 1.29 is 19.4 Å². The van der Waals surface area contributed by atoms with Crippen LogP contribution in [0.3, 0.4) is 0 Å². The molecule has 1 amide bonds. The lowest BCUT2D eigenvalue weighted by molar-refractivity contribution is -0.147. The number of hydrogen-bond acceptors (Lipinski definition) is 4. The monoisotopic (exact) mass is 368 g/mol. The van der Waals surface area contributed by atoms with Gasteiger partial charge in [-0.2, -0.15) is 0 Å². The second kappa shape index (κ2) is 7.62. The van der Waals surface area contributed by atoms with Crippen molar-refractivity contribution in [2.24, 2.45) is 0 Å². The second-order valence-electron chi connectivity index (χ2n) is 7.42. The maximum absolute atomic E-state index is 12.0. The zero-order chi connectivity index (χ0) is 18.7. The largest absolute Gasteiger partial charge is 0.480 e. The molecule has 0 aromatic heterocycles. The van der Waals surface area contributed by atoms with Crippen LogP contribution in [-0.4, -0.2) is 46.3 Å². The standard InChI is InChI=1S/C18H25ClN2O4/c1-17(2,3)25-16(24)20-18(15(22)23)8-10-21(11-9-18)12-13-4-6-14(19)7-5-13/h4-7H,8-12H2,1-3H3,(H,20,24)(H,22,23). The molecule has 1 heterocycles. The van der Waals surface area contributed by atoms with Crippen LogP contribution in [0, 0.1) is 0 Å². The molecule has 1 aliphatic heterocycles. The Morgan fingerprint density at radius 2 is 1.80 bits per heavy atom. The number of carboxylic acid groups (broad SMARTS) is 1. The van der Waals surface area contributed by atoms with Crippen molar-refractivity contribution in [2.45, 2.75) is 51.3 Å². The van der Waals surface area contributed by atoms with Crippen molar-refractivity contribution in [1.82, 2.24) is 10.2 Å². The predicted octanol–water partition coefficient (Wildman–Crippen LogP) is 3.28. The molecule has 25 heavy (non-hydrogen) atoms. The highest BCUT2D eigenvalue weighted by Gasteiger charge is 2.43. The molecule has 1 aliphatic rings. The van der Waals surface area contributed by atoms with Crippen molar-refractivity contribution in [1.29, 1.82) is 0 Å². The van der Waals surface area contributed by atoms with Crippen molar-refractivity contribution in [3.05, 3.63) is 34.9 Å². The first-order chi connectivity index (χ1) is 11.6. The van der Waals surface area contributed by atoms with Gasteiger partial charge < -0.3 is 15.2 Å². The molecule has 0 bridgehead atoms. The molecule has 2 N–H and O–H groups in total. The fourth-order valence-corrected chi connectivity index (χ4v) is 2.96. The van der Waals surface area contributed by atoms with E-state index >= 15 is 0 Å². The molecule has 2 rings (SSSR count). The Morgan fingerprint density at radius 1 is 1.24 bits per heavy atom. The first-order valence-corrected chi connectivity index (χ1v) is 8.69. The van der Waals surface area contributed by atoms with E-state index in [0.717, 1.165) is 12.1 Å². The van der Waals surface area contributed by atoms with E-state index in [1.54, 1.807) is 20.8 Å². The minimum absolute atomic E-state index is 0.329. The van der Waals surface area contributed by atoms with Gasteiger partial charge in [0.05, 0.1) is 0 Å². The summed E-state index contributed by atoms with van der Waals surface area (Å²) in [5.41, 5.74) is -0.829. The van der Waals surface area contributed by atoms with Crippen LogP contribution in [0.25, 0.3) is 0 Å². The first-order valence-electron chi connectivity index (χ1n) is 8.31. The quantitative estimate of drug-likeness (QED) is 0.852. The molecule has 0 spiro atoms. The summed E-state index contributed by atoms with van der Waals surface area (Å²) in [6.45, 7) is 7.10. The van der Waals surface area contributed by atoms with Gasteiger partial charge in [0.1, 0.15) is 11.1 Å². The van der Waals surface area contributed by atoms with Crippen LogP contribution in [0.1, 0.15) is 39.2 Å². The number of piperidine rings is 1. The highest BCUT2D eigenvalue weighted by molar-refractivity contribution is 6.30. The van der Waals surface area contributed by atoms with Crippen molar-refractivity contribution >= 4 is 23.7 Å². The van der Waals surface area contributed by atoms with E-state index in [0.29, 0.717) is 31.0 Å². The highest BCUT2D eigenvalue weighted by atomic mass is 35.5. The summed E-state index contributed by atoms with van der Waals surface area (Å²) < 4.78 is 5.21. The summed E-state index contributed by atoms with van der Waals surface area (Å²) in [6.07, 6.45) is -0.0364. The molecule has 1 fully saturated rings. The Labute approximate surface area is 153 Å². The molecule has 0 aliphatic carbocycles. The van der Waals surface area contributed by atoms with Crippen LogP contribution in [0.5, 0.6) is 0 Å². The molecule has 6 nitrogen and oxygen atoms in total. The van der Waals surface area contributed by atoms with Gasteiger partial charge in [-0.1, -0.05) is 23.7 Å². The molecule has 0 radical (unpaired) electrons. The fraction of sp³-hybridized carbons (Fsp3) is 0.556. The van der Waals surface area contributed by atoms with E-state index in [1.807, 2.05) is 24.3 Å². The fourth-order valence-electron chi connectivity index (χ4n) is 2.83. The summed E-state index contributed by atoms with van der Waals surface area (Å²) in [6, 6.07) is 7.60. The van der Waals surface area contributed by atoms with Crippen LogP contribution in [0.2, 0.25) is 5.02 Å². The number of carbonyl (C=O) groups is 2. The smallest absolute Gasteiger partial charge is 0.408 e. The third-order valence-corrected chi connectivity index (χ3v) is 4.43. The molecule has 0 atom stereocenters. The maximum Gasteiger partial charge on any atom is 0.408 e. The van der Waals surface area contributed by atoms with Crippen molar-refractivity contribution in [3.63, 3.8) is 0 Å². The van der Waals surface area contributed by atoms with Gasteiger partial charge in [0, 0.05) is 24.7 Å². The molecular formula is C18H25ClN2O4. The van der Waals surface area contributed by atoms with Gasteiger partial charge in [-0.15, -0.1) is 0 Å². The predicted molar refractivity (Wildman–Crippen MR) is 95.7 cm³/mol. The molecule has 1 aromatic carbocycles. The third-order valence-electron chi connectivity index (χ3n) is 4.18. The summed E-state index contributed by atoms with van der Waals surface area (Å²) in [7, 11) is 0. The number of aliphatic carboxylic acids is 1. The molecule has 0 unspecified atom stereocenters. The molecule has 138 valence electrons. The number of carboxylic acids is 1. The topological polar surface area (TPSA) is 78.9 Å². The van der Waals surface area contributed by atoms with E-state index in [9.17, 15) is 14.7 Å². The van der Waals surface area contributed by atoms with Crippen LogP contribution >= 0.6 is 11.6 Å². The number of nitrogens with zero attached hydrogens (tertiary/aromatic N) is 1. The maximum atomic E-state index is 12.0. The summed E-state index contributed by atoms with van der Waals surface area (Å²) in [5, 5.41) is 12.9. The van der Waals surface area contributed by atoms with Crippen LogP contribution in [-0.2, 0) is 16.1 Å². The molecular weight excluding hydrogens is 344 g/mol. The molecule has 1 saturated heterocycles. The number of carbonyl (C=O) groups excluding carboxylic acids is 1. The minimum Gasteiger partial charge on any atom is -0.480 e. The van der Waals surface area contributed by atoms with Gasteiger partial charge in [0.25, 0.3) is 0 Å². The van der Waals surface area contributed by atoms with E-state index in [1.165, 1.54) is 0 Å². The Morgan fingerprint density at radius 3 is 2.28 bits per heavy atom. The van der Waals surface area contributed by atoms with Crippen LogP contribution in [0.4, 0.5) is 4.79 Å². The lowest BCUT2D eigenvalue weighted by atomic mass is 9.87. The number of alkyl carbamates (subject to hydrolysis) is 1.